The average molecular weight is 255 g/mol. The summed E-state index contributed by atoms with van der Waals surface area (Å²) in [5.41, 5.74) is 2.15. The van der Waals surface area contributed by atoms with Crippen LogP contribution in [-0.4, -0.2) is 10.2 Å². The predicted molar refractivity (Wildman–Crippen MR) is 63.0 cm³/mol. The van der Waals surface area contributed by atoms with E-state index in [1.54, 1.807) is 12.4 Å². The van der Waals surface area contributed by atoms with Gasteiger partial charge in [0.05, 0.1) is 6.04 Å². The fourth-order valence-electron chi connectivity index (χ4n) is 1.49. The van der Waals surface area contributed by atoms with E-state index >= 15 is 0 Å². The molecular formula is C11H11F2N3S. The lowest BCUT2D eigenvalue weighted by Gasteiger charge is -2.14. The Hall–Kier alpha value is -1.56. The maximum Gasteiger partial charge on any atom is 0.205 e. The van der Waals surface area contributed by atoms with Crippen molar-refractivity contribution in [3.8, 4) is 0 Å². The van der Waals surface area contributed by atoms with Crippen molar-refractivity contribution in [1.29, 1.82) is 0 Å². The molecule has 0 spiro atoms. The summed E-state index contributed by atoms with van der Waals surface area (Å²) in [6.07, 6.45) is 0. The molecule has 0 aliphatic heterocycles. The molecule has 6 heteroatoms. The summed E-state index contributed by atoms with van der Waals surface area (Å²) in [4.78, 5) is 0. The van der Waals surface area contributed by atoms with Gasteiger partial charge in [0, 0.05) is 5.56 Å². The molecule has 90 valence electrons. The number of rotatable bonds is 3. The van der Waals surface area contributed by atoms with Crippen LogP contribution >= 0.6 is 11.3 Å². The number of anilines is 1. The molecule has 1 N–H and O–H groups in total. The van der Waals surface area contributed by atoms with Gasteiger partial charge in [-0.1, -0.05) is 11.3 Å². The quantitative estimate of drug-likeness (QED) is 0.914. The van der Waals surface area contributed by atoms with Gasteiger partial charge in [-0.2, -0.15) is 0 Å². The first kappa shape index (κ1) is 11.9. The van der Waals surface area contributed by atoms with Gasteiger partial charge in [0.1, 0.15) is 17.1 Å². The van der Waals surface area contributed by atoms with E-state index in [9.17, 15) is 8.78 Å². The highest BCUT2D eigenvalue weighted by molar-refractivity contribution is 7.13. The Morgan fingerprint density at radius 1 is 1.29 bits per heavy atom. The van der Waals surface area contributed by atoms with E-state index in [-0.39, 0.29) is 11.6 Å². The molecule has 2 rings (SSSR count). The Labute approximate surface area is 102 Å². The summed E-state index contributed by atoms with van der Waals surface area (Å²) < 4.78 is 27.0. The number of halogens is 2. The maximum absolute atomic E-state index is 13.7. The number of nitrogens with one attached hydrogen (secondary N) is 1. The molecule has 0 saturated carbocycles. The van der Waals surface area contributed by atoms with Crippen LogP contribution in [0.4, 0.5) is 13.9 Å². The van der Waals surface area contributed by atoms with Gasteiger partial charge in [-0.25, -0.2) is 8.78 Å². The van der Waals surface area contributed by atoms with Gasteiger partial charge in [0.15, 0.2) is 0 Å². The molecule has 2 aromatic rings. The topological polar surface area (TPSA) is 37.8 Å². The van der Waals surface area contributed by atoms with Crippen molar-refractivity contribution < 1.29 is 8.78 Å². The highest BCUT2D eigenvalue weighted by Gasteiger charge is 2.14. The van der Waals surface area contributed by atoms with Crippen molar-refractivity contribution in [2.45, 2.75) is 19.9 Å². The lowest BCUT2D eigenvalue weighted by Crippen LogP contribution is -2.09. The zero-order valence-corrected chi connectivity index (χ0v) is 10.2. The number of hydrogen-bond acceptors (Lipinski definition) is 4. The standard InChI is InChI=1S/C11H11F2N3S/c1-6-3-10(13)8(4-9(6)12)7(2)15-11-16-14-5-17-11/h3-5,7H,1-2H3,(H,15,16). The minimum atomic E-state index is -0.423. The second kappa shape index (κ2) is 4.75. The third-order valence-corrected chi connectivity index (χ3v) is 3.07. The molecule has 0 amide bonds. The van der Waals surface area contributed by atoms with Gasteiger partial charge in [-0.05, 0) is 31.5 Å². The van der Waals surface area contributed by atoms with Gasteiger partial charge in [0.25, 0.3) is 0 Å². The van der Waals surface area contributed by atoms with Crippen LogP contribution in [0.2, 0.25) is 0 Å². The third kappa shape index (κ3) is 2.58. The normalized spacial score (nSPS) is 12.5. The van der Waals surface area contributed by atoms with Crippen LogP contribution in [0, 0.1) is 18.6 Å². The zero-order valence-electron chi connectivity index (χ0n) is 9.37. The van der Waals surface area contributed by atoms with Gasteiger partial charge in [0.2, 0.25) is 5.13 Å². The Bertz CT molecular complexity index is 514. The van der Waals surface area contributed by atoms with Crippen LogP contribution in [0.1, 0.15) is 24.1 Å². The Balaban J connectivity index is 2.24. The number of aryl methyl sites for hydroxylation is 1. The van der Waals surface area contributed by atoms with Crippen molar-refractivity contribution in [3.63, 3.8) is 0 Å². The Morgan fingerprint density at radius 2 is 2.06 bits per heavy atom. The van der Waals surface area contributed by atoms with Crippen LogP contribution in [0.5, 0.6) is 0 Å². The molecule has 1 unspecified atom stereocenters. The fraction of sp³-hybridized carbons (Fsp3) is 0.273. The van der Waals surface area contributed by atoms with Crippen LogP contribution < -0.4 is 5.32 Å². The van der Waals surface area contributed by atoms with Gasteiger partial charge in [-0.3, -0.25) is 0 Å². The molecule has 0 aliphatic carbocycles. The van der Waals surface area contributed by atoms with Crippen molar-refractivity contribution >= 4 is 16.5 Å². The molecule has 3 nitrogen and oxygen atoms in total. The number of hydrogen-bond donors (Lipinski definition) is 1. The Kier molecular flexibility index (Phi) is 3.33. The molecule has 0 fully saturated rings. The summed E-state index contributed by atoms with van der Waals surface area (Å²) in [6, 6.07) is 2.05. The summed E-state index contributed by atoms with van der Waals surface area (Å²) >= 11 is 1.31. The molecule has 0 aliphatic rings. The first-order valence-corrected chi connectivity index (χ1v) is 5.94. The molecular weight excluding hydrogens is 244 g/mol. The third-order valence-electron chi connectivity index (χ3n) is 2.44. The van der Waals surface area contributed by atoms with Crippen molar-refractivity contribution in [2.75, 3.05) is 5.32 Å². The molecule has 0 bridgehead atoms. The molecule has 0 saturated heterocycles. The second-order valence-electron chi connectivity index (χ2n) is 3.73. The predicted octanol–water partition coefficient (Wildman–Crippen LogP) is 3.30. The first-order chi connectivity index (χ1) is 8.08. The van der Waals surface area contributed by atoms with Crippen molar-refractivity contribution in [2.24, 2.45) is 0 Å². The summed E-state index contributed by atoms with van der Waals surface area (Å²) in [7, 11) is 0. The van der Waals surface area contributed by atoms with E-state index in [0.29, 0.717) is 10.7 Å². The van der Waals surface area contributed by atoms with Gasteiger partial charge in [-0.15, -0.1) is 10.2 Å². The summed E-state index contributed by atoms with van der Waals surface area (Å²) in [6.45, 7) is 3.28. The fourth-order valence-corrected chi connectivity index (χ4v) is 2.03. The maximum atomic E-state index is 13.7. The minimum absolute atomic E-state index is 0.281. The largest absolute Gasteiger partial charge is 0.353 e. The highest BCUT2D eigenvalue weighted by atomic mass is 32.1. The van der Waals surface area contributed by atoms with E-state index in [1.165, 1.54) is 30.4 Å². The first-order valence-electron chi connectivity index (χ1n) is 5.06. The molecule has 0 radical (unpaired) electrons. The number of aromatic nitrogens is 2. The van der Waals surface area contributed by atoms with Crippen molar-refractivity contribution in [3.05, 3.63) is 40.4 Å². The lowest BCUT2D eigenvalue weighted by atomic mass is 10.1. The van der Waals surface area contributed by atoms with E-state index in [2.05, 4.69) is 15.5 Å². The van der Waals surface area contributed by atoms with E-state index in [1.807, 2.05) is 0 Å². The smallest absolute Gasteiger partial charge is 0.205 e. The van der Waals surface area contributed by atoms with E-state index in [0.717, 1.165) is 0 Å². The Morgan fingerprint density at radius 3 is 2.71 bits per heavy atom. The van der Waals surface area contributed by atoms with Gasteiger partial charge < -0.3 is 5.32 Å². The highest BCUT2D eigenvalue weighted by Crippen LogP contribution is 2.24. The monoisotopic (exact) mass is 255 g/mol. The summed E-state index contributed by atoms with van der Waals surface area (Å²) in [5, 5.41) is 11.0. The molecule has 1 heterocycles. The zero-order chi connectivity index (χ0) is 12.4. The van der Waals surface area contributed by atoms with Crippen LogP contribution in [-0.2, 0) is 0 Å². The van der Waals surface area contributed by atoms with Crippen LogP contribution in [0.15, 0.2) is 17.6 Å². The minimum Gasteiger partial charge on any atom is -0.353 e. The second-order valence-corrected chi connectivity index (χ2v) is 4.57. The molecule has 17 heavy (non-hydrogen) atoms. The lowest BCUT2D eigenvalue weighted by molar-refractivity contribution is 0.571. The van der Waals surface area contributed by atoms with Crippen molar-refractivity contribution in [1.82, 2.24) is 10.2 Å². The molecule has 1 aromatic carbocycles. The number of benzene rings is 1. The van der Waals surface area contributed by atoms with E-state index in [4.69, 9.17) is 0 Å². The molecule has 1 atom stereocenters. The number of nitrogens with zero attached hydrogens (tertiary/aromatic N) is 2. The summed E-state index contributed by atoms with van der Waals surface area (Å²) in [5.74, 6) is -0.833. The van der Waals surface area contributed by atoms with Gasteiger partial charge >= 0.3 is 0 Å². The van der Waals surface area contributed by atoms with Crippen LogP contribution in [0.3, 0.4) is 0 Å². The molecule has 1 aromatic heterocycles. The average Bonchev–Trinajstić information content (AvgIpc) is 2.76. The van der Waals surface area contributed by atoms with Crippen LogP contribution in [0.25, 0.3) is 0 Å². The SMILES string of the molecule is Cc1cc(F)c(C(C)Nc2nncs2)cc1F. The van der Waals surface area contributed by atoms with E-state index < -0.39 is 11.6 Å².